The summed E-state index contributed by atoms with van der Waals surface area (Å²) in [4.78, 5) is 33.5. The minimum Gasteiger partial charge on any atom is -0.445 e. The van der Waals surface area contributed by atoms with E-state index in [9.17, 15) is 24.4 Å². The quantitative estimate of drug-likeness (QED) is 0.292. The number of carbonyl (C=O) groups is 1. The Labute approximate surface area is 177 Å². The summed E-state index contributed by atoms with van der Waals surface area (Å²) in [6.45, 7) is -0.0659. The molecule has 31 heavy (non-hydrogen) atoms. The summed E-state index contributed by atoms with van der Waals surface area (Å²) in [5, 5.41) is 13.4. The van der Waals surface area contributed by atoms with Gasteiger partial charge in [0.1, 0.15) is 12.4 Å². The molecule has 9 nitrogen and oxygen atoms in total. The molecule has 0 radical (unpaired) electrons. The number of non-ortho nitro benzene ring substituents is 1. The van der Waals surface area contributed by atoms with E-state index in [2.05, 4.69) is 5.32 Å². The smallest absolute Gasteiger partial charge is 0.408 e. The molecule has 0 aliphatic rings. The summed E-state index contributed by atoms with van der Waals surface area (Å²) >= 11 is 0. The third-order valence-electron chi connectivity index (χ3n) is 4.17. The number of nitrogens with zero attached hydrogens (tertiary/aromatic N) is 1. The van der Waals surface area contributed by atoms with Gasteiger partial charge in [0.05, 0.1) is 4.92 Å². The number of carbonyl (C=O) groups excluding carboxylic acids is 1. The summed E-state index contributed by atoms with van der Waals surface area (Å²) in [5.41, 5.74) is 0.437. The molecule has 2 unspecified atom stereocenters. The Balaban J connectivity index is 1.84. The van der Waals surface area contributed by atoms with E-state index in [1.165, 1.54) is 30.3 Å². The molecular formula is C21H19N2O7P. The van der Waals surface area contributed by atoms with Crippen molar-refractivity contribution < 1.29 is 28.4 Å². The van der Waals surface area contributed by atoms with Crippen LogP contribution in [0.4, 0.5) is 10.5 Å². The SMILES string of the molecule is O=C(NC(c1cccc([N+](=O)[O-])c1)P(=O)(O)Oc1ccccc1)OCc1ccccc1. The first-order valence-electron chi connectivity index (χ1n) is 9.14. The summed E-state index contributed by atoms with van der Waals surface area (Å²) in [6.07, 6.45) is -0.980. The van der Waals surface area contributed by atoms with E-state index in [-0.39, 0.29) is 23.6 Å². The number of hydrogen-bond acceptors (Lipinski definition) is 6. The number of hydrogen-bond donors (Lipinski definition) is 2. The number of para-hydroxylation sites is 1. The maximum atomic E-state index is 13.1. The molecule has 3 rings (SSSR count). The topological polar surface area (TPSA) is 128 Å². The van der Waals surface area contributed by atoms with Crippen LogP contribution in [0.1, 0.15) is 16.9 Å². The summed E-state index contributed by atoms with van der Waals surface area (Å²) in [6, 6.07) is 21.8. The van der Waals surface area contributed by atoms with Gasteiger partial charge in [-0.05, 0) is 23.3 Å². The van der Waals surface area contributed by atoms with Gasteiger partial charge in [0.15, 0.2) is 5.78 Å². The molecular weight excluding hydrogens is 423 g/mol. The maximum Gasteiger partial charge on any atom is 0.408 e. The monoisotopic (exact) mass is 442 g/mol. The number of nitro groups is 1. The third-order valence-corrected chi connectivity index (χ3v) is 5.72. The Bertz CT molecular complexity index is 1090. The van der Waals surface area contributed by atoms with Gasteiger partial charge >= 0.3 is 13.7 Å². The van der Waals surface area contributed by atoms with Gasteiger partial charge in [0.25, 0.3) is 5.69 Å². The van der Waals surface area contributed by atoms with Crippen molar-refractivity contribution in [1.29, 1.82) is 0 Å². The van der Waals surface area contributed by atoms with Gasteiger partial charge < -0.3 is 19.5 Å². The molecule has 0 aliphatic carbocycles. The van der Waals surface area contributed by atoms with E-state index in [0.717, 1.165) is 11.6 Å². The van der Waals surface area contributed by atoms with Crippen molar-refractivity contribution in [2.24, 2.45) is 0 Å². The van der Waals surface area contributed by atoms with E-state index >= 15 is 0 Å². The lowest BCUT2D eigenvalue weighted by Crippen LogP contribution is -2.30. The minimum absolute atomic E-state index is 0.0209. The Morgan fingerprint density at radius 2 is 1.68 bits per heavy atom. The number of amides is 1. The molecule has 2 atom stereocenters. The fourth-order valence-electron chi connectivity index (χ4n) is 2.72. The average Bonchev–Trinajstić information content (AvgIpc) is 2.77. The van der Waals surface area contributed by atoms with Crippen molar-refractivity contribution in [3.05, 3.63) is 106 Å². The van der Waals surface area contributed by atoms with Crippen molar-refractivity contribution in [2.45, 2.75) is 12.4 Å². The van der Waals surface area contributed by atoms with Crippen LogP contribution < -0.4 is 9.84 Å². The molecule has 0 spiro atoms. The van der Waals surface area contributed by atoms with Crippen molar-refractivity contribution in [3.8, 4) is 5.75 Å². The Morgan fingerprint density at radius 3 is 2.32 bits per heavy atom. The highest BCUT2D eigenvalue weighted by Crippen LogP contribution is 2.55. The zero-order chi connectivity index (χ0) is 22.3. The highest BCUT2D eigenvalue weighted by Gasteiger charge is 2.38. The van der Waals surface area contributed by atoms with E-state index in [4.69, 9.17) is 9.26 Å². The first-order chi connectivity index (χ1) is 14.8. The predicted molar refractivity (Wildman–Crippen MR) is 112 cm³/mol. The second kappa shape index (κ2) is 9.88. The highest BCUT2D eigenvalue weighted by molar-refractivity contribution is 7.53. The third kappa shape index (κ3) is 6.15. The van der Waals surface area contributed by atoms with Crippen LogP contribution in [-0.4, -0.2) is 15.9 Å². The Morgan fingerprint density at radius 1 is 1.03 bits per heavy atom. The van der Waals surface area contributed by atoms with Gasteiger partial charge in [0.2, 0.25) is 0 Å². The van der Waals surface area contributed by atoms with Crippen LogP contribution in [0, 0.1) is 10.1 Å². The first kappa shape index (κ1) is 22.0. The molecule has 0 aromatic heterocycles. The zero-order valence-electron chi connectivity index (χ0n) is 16.2. The lowest BCUT2D eigenvalue weighted by molar-refractivity contribution is -0.384. The van der Waals surface area contributed by atoms with Crippen LogP contribution in [-0.2, 0) is 15.9 Å². The second-order valence-electron chi connectivity index (χ2n) is 6.43. The summed E-state index contributed by atoms with van der Waals surface area (Å²) in [7, 11) is -4.58. The number of ether oxygens (including phenoxy) is 1. The number of rotatable bonds is 8. The van der Waals surface area contributed by atoms with Gasteiger partial charge in [-0.2, -0.15) is 0 Å². The van der Waals surface area contributed by atoms with Gasteiger partial charge in [-0.25, -0.2) is 9.36 Å². The van der Waals surface area contributed by atoms with Crippen molar-refractivity contribution in [2.75, 3.05) is 0 Å². The fourth-order valence-corrected chi connectivity index (χ4v) is 4.06. The fraction of sp³-hybridized carbons (Fsp3) is 0.0952. The van der Waals surface area contributed by atoms with Gasteiger partial charge in [-0.3, -0.25) is 10.1 Å². The molecule has 3 aromatic rings. The molecule has 0 aliphatic heterocycles. The van der Waals surface area contributed by atoms with Crippen LogP contribution in [0.25, 0.3) is 0 Å². The van der Waals surface area contributed by atoms with Crippen LogP contribution in [0.3, 0.4) is 0 Å². The largest absolute Gasteiger partial charge is 0.445 e. The highest BCUT2D eigenvalue weighted by atomic mass is 31.2. The van der Waals surface area contributed by atoms with E-state index < -0.39 is 24.4 Å². The normalized spacial score (nSPS) is 13.5. The molecule has 0 saturated carbocycles. The standard InChI is InChI=1S/C21H19N2O7P/c24-21(29-15-16-8-3-1-4-9-16)22-20(17-10-7-11-18(14-17)23(25)26)31(27,28)30-19-12-5-2-6-13-19/h1-14,20H,15H2,(H,22,24)(H,27,28). The molecule has 0 saturated heterocycles. The molecule has 0 heterocycles. The van der Waals surface area contributed by atoms with Crippen molar-refractivity contribution >= 4 is 19.4 Å². The molecule has 3 aromatic carbocycles. The van der Waals surface area contributed by atoms with Gasteiger partial charge in [-0.1, -0.05) is 60.7 Å². The molecule has 1 amide bonds. The van der Waals surface area contributed by atoms with Crippen molar-refractivity contribution in [3.63, 3.8) is 0 Å². The number of nitro benzene ring substituents is 1. The molecule has 0 bridgehead atoms. The van der Waals surface area contributed by atoms with E-state index in [1.54, 1.807) is 42.5 Å². The second-order valence-corrected chi connectivity index (χ2v) is 8.26. The van der Waals surface area contributed by atoms with E-state index in [0.29, 0.717) is 0 Å². The molecule has 10 heteroatoms. The number of alkyl carbamates (subject to hydrolysis) is 1. The lowest BCUT2D eigenvalue weighted by Gasteiger charge is -2.24. The minimum atomic E-state index is -4.58. The number of benzene rings is 3. The Kier molecular flexibility index (Phi) is 7.02. The summed E-state index contributed by atoms with van der Waals surface area (Å²) in [5.74, 6) is -1.50. The predicted octanol–water partition coefficient (Wildman–Crippen LogP) is 4.78. The maximum absolute atomic E-state index is 13.1. The van der Waals surface area contributed by atoms with E-state index in [1.807, 2.05) is 6.07 Å². The average molecular weight is 442 g/mol. The summed E-state index contributed by atoms with van der Waals surface area (Å²) < 4.78 is 23.5. The van der Waals surface area contributed by atoms with Crippen molar-refractivity contribution in [1.82, 2.24) is 5.32 Å². The first-order valence-corrected chi connectivity index (χ1v) is 10.8. The van der Waals surface area contributed by atoms with Gasteiger partial charge in [-0.15, -0.1) is 0 Å². The van der Waals surface area contributed by atoms with Crippen LogP contribution in [0.2, 0.25) is 0 Å². The lowest BCUT2D eigenvalue weighted by atomic mass is 10.2. The molecule has 0 fully saturated rings. The molecule has 160 valence electrons. The zero-order valence-corrected chi connectivity index (χ0v) is 17.1. The van der Waals surface area contributed by atoms with Crippen LogP contribution in [0.15, 0.2) is 84.9 Å². The van der Waals surface area contributed by atoms with Crippen LogP contribution >= 0.6 is 7.60 Å². The van der Waals surface area contributed by atoms with Gasteiger partial charge in [0, 0.05) is 12.1 Å². The number of nitrogens with one attached hydrogen (secondary N) is 1. The molecule has 2 N–H and O–H groups in total. The van der Waals surface area contributed by atoms with Crippen LogP contribution in [0.5, 0.6) is 5.75 Å². The Hall–Kier alpha value is -3.68.